The molecule has 1 aliphatic carbocycles. The van der Waals surface area contributed by atoms with Crippen LogP contribution in [0, 0.1) is 0 Å². The van der Waals surface area contributed by atoms with Crippen molar-refractivity contribution < 1.29 is 0 Å². The minimum atomic E-state index is -0.153. The standard InChI is InChI=1S/C7H10N4O/c8-11-5-3-6(12)10-7(9-5)4-1-2-4/h3-4H,1-2,8H2,(H2,9,10,11,12). The van der Waals surface area contributed by atoms with Crippen molar-refractivity contribution >= 4 is 5.82 Å². The summed E-state index contributed by atoms with van der Waals surface area (Å²) in [6.07, 6.45) is 2.22. The predicted octanol–water partition coefficient (Wildman–Crippen LogP) is -0.0671. The molecule has 12 heavy (non-hydrogen) atoms. The maximum absolute atomic E-state index is 11.0. The fourth-order valence-electron chi connectivity index (χ4n) is 1.10. The van der Waals surface area contributed by atoms with Crippen LogP contribution in [0.4, 0.5) is 5.82 Å². The molecule has 1 saturated carbocycles. The molecule has 0 aliphatic heterocycles. The molecule has 0 unspecified atom stereocenters. The first-order valence-electron chi connectivity index (χ1n) is 3.87. The highest BCUT2D eigenvalue weighted by atomic mass is 16.1. The lowest BCUT2D eigenvalue weighted by Crippen LogP contribution is -2.16. The van der Waals surface area contributed by atoms with E-state index in [-0.39, 0.29) is 5.56 Å². The molecule has 0 saturated heterocycles. The number of aromatic nitrogens is 2. The van der Waals surface area contributed by atoms with E-state index < -0.39 is 0 Å². The first-order chi connectivity index (χ1) is 5.79. The van der Waals surface area contributed by atoms with Gasteiger partial charge >= 0.3 is 0 Å². The molecule has 0 atom stereocenters. The number of hydrogen-bond donors (Lipinski definition) is 3. The van der Waals surface area contributed by atoms with Crippen molar-refractivity contribution in [1.29, 1.82) is 0 Å². The van der Waals surface area contributed by atoms with Gasteiger partial charge in [-0.05, 0) is 12.8 Å². The van der Waals surface area contributed by atoms with Gasteiger partial charge in [0.15, 0.2) is 0 Å². The van der Waals surface area contributed by atoms with Crippen LogP contribution in [0.2, 0.25) is 0 Å². The summed E-state index contributed by atoms with van der Waals surface area (Å²) in [4.78, 5) is 17.8. The van der Waals surface area contributed by atoms with E-state index in [1.54, 1.807) is 0 Å². The first kappa shape index (κ1) is 7.30. The number of hydrogen-bond acceptors (Lipinski definition) is 4. The van der Waals surface area contributed by atoms with Gasteiger partial charge in [-0.3, -0.25) is 4.79 Å². The zero-order valence-corrected chi connectivity index (χ0v) is 6.50. The summed E-state index contributed by atoms with van der Waals surface area (Å²) < 4.78 is 0. The molecule has 1 heterocycles. The van der Waals surface area contributed by atoms with Gasteiger partial charge in [0.1, 0.15) is 11.6 Å². The zero-order valence-electron chi connectivity index (χ0n) is 6.50. The molecule has 0 aromatic carbocycles. The zero-order chi connectivity index (χ0) is 8.55. The largest absolute Gasteiger partial charge is 0.310 e. The Labute approximate surface area is 69.0 Å². The second kappa shape index (κ2) is 2.60. The Morgan fingerprint density at radius 3 is 3.00 bits per heavy atom. The molecular formula is C7H10N4O. The van der Waals surface area contributed by atoms with Gasteiger partial charge in [-0.2, -0.15) is 0 Å². The van der Waals surface area contributed by atoms with E-state index in [0.29, 0.717) is 11.7 Å². The SMILES string of the molecule is NNc1cc(=O)[nH]c(C2CC2)n1. The van der Waals surface area contributed by atoms with Crippen LogP contribution in [0.3, 0.4) is 0 Å². The molecule has 0 spiro atoms. The fourth-order valence-corrected chi connectivity index (χ4v) is 1.10. The molecule has 4 N–H and O–H groups in total. The highest BCUT2D eigenvalue weighted by molar-refractivity contribution is 5.31. The predicted molar refractivity (Wildman–Crippen MR) is 44.6 cm³/mol. The first-order valence-corrected chi connectivity index (χ1v) is 3.87. The molecule has 5 nitrogen and oxygen atoms in total. The van der Waals surface area contributed by atoms with Crippen molar-refractivity contribution in [2.75, 3.05) is 5.43 Å². The molecule has 1 aliphatic rings. The maximum Gasteiger partial charge on any atom is 0.253 e. The van der Waals surface area contributed by atoms with Crippen LogP contribution in [0.5, 0.6) is 0 Å². The van der Waals surface area contributed by atoms with Gasteiger partial charge < -0.3 is 10.4 Å². The average Bonchev–Trinajstić information content (AvgIpc) is 2.85. The van der Waals surface area contributed by atoms with Crippen molar-refractivity contribution in [3.05, 3.63) is 22.2 Å². The summed E-state index contributed by atoms with van der Waals surface area (Å²) in [6, 6.07) is 1.34. The molecule has 1 aromatic rings. The number of rotatable bonds is 2. The number of nitrogen functional groups attached to an aromatic ring is 1. The van der Waals surface area contributed by atoms with E-state index in [0.717, 1.165) is 18.7 Å². The number of anilines is 1. The monoisotopic (exact) mass is 166 g/mol. The van der Waals surface area contributed by atoms with Gasteiger partial charge in [0.25, 0.3) is 5.56 Å². The Kier molecular flexibility index (Phi) is 1.58. The van der Waals surface area contributed by atoms with E-state index >= 15 is 0 Å². The van der Waals surface area contributed by atoms with Crippen molar-refractivity contribution in [1.82, 2.24) is 9.97 Å². The molecule has 5 heteroatoms. The Morgan fingerprint density at radius 2 is 2.42 bits per heavy atom. The van der Waals surface area contributed by atoms with Crippen molar-refractivity contribution in [2.24, 2.45) is 5.84 Å². The highest BCUT2D eigenvalue weighted by Gasteiger charge is 2.26. The molecule has 64 valence electrons. The van der Waals surface area contributed by atoms with E-state index in [1.165, 1.54) is 6.07 Å². The Bertz CT molecular complexity index is 342. The molecule has 0 radical (unpaired) electrons. The lowest BCUT2D eigenvalue weighted by molar-refractivity contribution is 0.907. The van der Waals surface area contributed by atoms with Crippen LogP contribution in [0.1, 0.15) is 24.6 Å². The number of aromatic amines is 1. The van der Waals surface area contributed by atoms with Gasteiger partial charge in [0.2, 0.25) is 0 Å². The number of H-pyrrole nitrogens is 1. The second-order valence-corrected chi connectivity index (χ2v) is 2.93. The molecule has 0 amide bonds. The van der Waals surface area contributed by atoms with Crippen molar-refractivity contribution in [3.8, 4) is 0 Å². The van der Waals surface area contributed by atoms with E-state index in [9.17, 15) is 4.79 Å². The van der Waals surface area contributed by atoms with Crippen molar-refractivity contribution in [2.45, 2.75) is 18.8 Å². The minimum Gasteiger partial charge on any atom is -0.310 e. The van der Waals surface area contributed by atoms with Crippen molar-refractivity contribution in [3.63, 3.8) is 0 Å². The number of hydrazine groups is 1. The number of nitrogens with zero attached hydrogens (tertiary/aromatic N) is 1. The summed E-state index contributed by atoms with van der Waals surface area (Å²) in [5.41, 5.74) is 2.21. The Morgan fingerprint density at radius 1 is 1.67 bits per heavy atom. The van der Waals surface area contributed by atoms with Gasteiger partial charge in [-0.1, -0.05) is 0 Å². The quantitative estimate of drug-likeness (QED) is 0.424. The number of nitrogens with two attached hydrogens (primary N) is 1. The molecule has 1 aromatic heterocycles. The molecule has 2 rings (SSSR count). The topological polar surface area (TPSA) is 83.8 Å². The highest BCUT2D eigenvalue weighted by Crippen LogP contribution is 2.37. The third-order valence-electron chi connectivity index (χ3n) is 1.87. The molecule has 1 fully saturated rings. The number of nitrogens with one attached hydrogen (secondary N) is 2. The van der Waals surface area contributed by atoms with Crippen LogP contribution in [0.25, 0.3) is 0 Å². The van der Waals surface area contributed by atoms with Crippen LogP contribution in [-0.2, 0) is 0 Å². The summed E-state index contributed by atoms with van der Waals surface area (Å²) in [6.45, 7) is 0. The van der Waals surface area contributed by atoms with Crippen LogP contribution >= 0.6 is 0 Å². The Hall–Kier alpha value is -1.36. The lowest BCUT2D eigenvalue weighted by atomic mass is 10.4. The van der Waals surface area contributed by atoms with E-state index in [2.05, 4.69) is 15.4 Å². The lowest BCUT2D eigenvalue weighted by Gasteiger charge is -2.00. The maximum atomic E-state index is 11.0. The van der Waals surface area contributed by atoms with Gasteiger partial charge in [0.05, 0.1) is 0 Å². The molecule has 0 bridgehead atoms. The van der Waals surface area contributed by atoms with Crippen LogP contribution in [-0.4, -0.2) is 9.97 Å². The van der Waals surface area contributed by atoms with Gasteiger partial charge in [-0.25, -0.2) is 10.8 Å². The van der Waals surface area contributed by atoms with Gasteiger partial charge in [0, 0.05) is 12.0 Å². The van der Waals surface area contributed by atoms with Crippen LogP contribution < -0.4 is 16.8 Å². The van der Waals surface area contributed by atoms with E-state index in [1.807, 2.05) is 0 Å². The smallest absolute Gasteiger partial charge is 0.253 e. The minimum absolute atomic E-state index is 0.153. The third-order valence-corrected chi connectivity index (χ3v) is 1.87. The van der Waals surface area contributed by atoms with Gasteiger partial charge in [-0.15, -0.1) is 0 Å². The van der Waals surface area contributed by atoms with E-state index in [4.69, 9.17) is 5.84 Å². The fraction of sp³-hybridized carbons (Fsp3) is 0.429. The molecular weight excluding hydrogens is 156 g/mol. The Balaban J connectivity index is 2.41. The summed E-state index contributed by atoms with van der Waals surface area (Å²) >= 11 is 0. The second-order valence-electron chi connectivity index (χ2n) is 2.93. The average molecular weight is 166 g/mol. The summed E-state index contributed by atoms with van der Waals surface area (Å²) in [5.74, 6) is 6.76. The van der Waals surface area contributed by atoms with Crippen LogP contribution in [0.15, 0.2) is 10.9 Å². The normalized spacial score (nSPS) is 16.1. The third kappa shape index (κ3) is 1.31. The summed E-state index contributed by atoms with van der Waals surface area (Å²) in [7, 11) is 0. The summed E-state index contributed by atoms with van der Waals surface area (Å²) in [5, 5.41) is 0.